The second-order valence-electron chi connectivity index (χ2n) is 4.48. The number of fused-ring (bicyclic) bond motifs is 3. The van der Waals surface area contributed by atoms with Crippen molar-refractivity contribution in [3.8, 4) is 5.75 Å². The van der Waals surface area contributed by atoms with E-state index in [0.29, 0.717) is 6.10 Å². The Morgan fingerprint density at radius 1 is 1.33 bits per heavy atom. The summed E-state index contributed by atoms with van der Waals surface area (Å²) in [6.45, 7) is 3.62. The van der Waals surface area contributed by atoms with E-state index in [4.69, 9.17) is 4.74 Å². The van der Waals surface area contributed by atoms with Crippen molar-refractivity contribution in [1.29, 1.82) is 0 Å². The fraction of sp³-hybridized carbons (Fsp3) is 0.583. The summed E-state index contributed by atoms with van der Waals surface area (Å²) in [5.74, 6) is 1.67. The fourth-order valence-electron chi connectivity index (χ4n) is 2.64. The van der Waals surface area contributed by atoms with E-state index in [9.17, 15) is 0 Å². The maximum atomic E-state index is 5.99. The van der Waals surface area contributed by atoms with Crippen LogP contribution in [0.15, 0.2) is 24.5 Å². The van der Waals surface area contributed by atoms with Gasteiger partial charge in [-0.25, -0.2) is 0 Å². The fourth-order valence-corrected chi connectivity index (χ4v) is 2.64. The summed E-state index contributed by atoms with van der Waals surface area (Å²) in [5, 5.41) is 0. The molecule has 3 saturated heterocycles. The molecule has 3 aliphatic heterocycles. The molecule has 1 aromatic rings. The standard InChI is InChI=1S/C12H16N2O/c1-2-11(8-13-5-1)15-12-9-14-6-3-10(12)4-7-14/h1-2,5,8,10,12H,3-4,6-7,9H2. The number of pyridine rings is 1. The molecule has 3 fully saturated rings. The minimum atomic E-state index is 0.386. The Morgan fingerprint density at radius 3 is 2.80 bits per heavy atom. The summed E-state index contributed by atoms with van der Waals surface area (Å²) in [6, 6.07) is 3.92. The highest BCUT2D eigenvalue weighted by Gasteiger charge is 2.35. The first-order valence-electron chi connectivity index (χ1n) is 5.71. The number of piperidine rings is 3. The van der Waals surface area contributed by atoms with Crippen molar-refractivity contribution in [2.24, 2.45) is 5.92 Å². The largest absolute Gasteiger partial charge is 0.487 e. The summed E-state index contributed by atoms with van der Waals surface area (Å²) in [5.41, 5.74) is 0. The van der Waals surface area contributed by atoms with Gasteiger partial charge in [0, 0.05) is 12.7 Å². The zero-order valence-electron chi connectivity index (χ0n) is 8.80. The van der Waals surface area contributed by atoms with Gasteiger partial charge in [-0.05, 0) is 44.0 Å². The van der Waals surface area contributed by atoms with Crippen LogP contribution in [0.25, 0.3) is 0 Å². The van der Waals surface area contributed by atoms with Crippen LogP contribution in [0.4, 0.5) is 0 Å². The molecule has 3 aliphatic rings. The zero-order valence-corrected chi connectivity index (χ0v) is 8.80. The van der Waals surface area contributed by atoms with Crippen LogP contribution >= 0.6 is 0 Å². The van der Waals surface area contributed by atoms with E-state index in [0.717, 1.165) is 18.2 Å². The summed E-state index contributed by atoms with van der Waals surface area (Å²) in [6.07, 6.45) is 6.56. The van der Waals surface area contributed by atoms with Gasteiger partial charge in [0.05, 0.1) is 6.20 Å². The summed E-state index contributed by atoms with van der Waals surface area (Å²) in [4.78, 5) is 6.57. The van der Waals surface area contributed by atoms with Crippen molar-refractivity contribution < 1.29 is 4.74 Å². The molecule has 80 valence electrons. The Kier molecular flexibility index (Phi) is 2.33. The summed E-state index contributed by atoms with van der Waals surface area (Å²) < 4.78 is 5.99. The van der Waals surface area contributed by atoms with E-state index in [2.05, 4.69) is 9.88 Å². The first-order chi connectivity index (χ1) is 7.42. The molecule has 2 bridgehead atoms. The van der Waals surface area contributed by atoms with Crippen LogP contribution in [-0.4, -0.2) is 35.6 Å². The first-order valence-corrected chi connectivity index (χ1v) is 5.71. The van der Waals surface area contributed by atoms with Crippen LogP contribution in [0.5, 0.6) is 5.75 Å². The molecule has 0 spiro atoms. The lowest BCUT2D eigenvalue weighted by molar-refractivity contribution is -0.00792. The molecule has 0 amide bonds. The smallest absolute Gasteiger partial charge is 0.138 e. The molecular weight excluding hydrogens is 188 g/mol. The van der Waals surface area contributed by atoms with Gasteiger partial charge in [-0.3, -0.25) is 9.88 Å². The topological polar surface area (TPSA) is 25.4 Å². The third-order valence-corrected chi connectivity index (χ3v) is 3.52. The highest BCUT2D eigenvalue weighted by Crippen LogP contribution is 2.30. The summed E-state index contributed by atoms with van der Waals surface area (Å²) >= 11 is 0. The molecule has 0 radical (unpaired) electrons. The average Bonchev–Trinajstić information content (AvgIpc) is 2.32. The molecule has 0 saturated carbocycles. The van der Waals surface area contributed by atoms with E-state index >= 15 is 0 Å². The summed E-state index contributed by atoms with van der Waals surface area (Å²) in [7, 11) is 0. The Bertz CT molecular complexity index is 320. The Labute approximate surface area is 90.1 Å². The molecule has 15 heavy (non-hydrogen) atoms. The number of rotatable bonds is 2. The predicted octanol–water partition coefficient (Wildman–Crippen LogP) is 1.55. The molecule has 0 aromatic carbocycles. The van der Waals surface area contributed by atoms with E-state index in [-0.39, 0.29) is 0 Å². The van der Waals surface area contributed by atoms with Crippen molar-refractivity contribution in [3.63, 3.8) is 0 Å². The number of hydrogen-bond donors (Lipinski definition) is 0. The molecule has 4 heterocycles. The second-order valence-corrected chi connectivity index (χ2v) is 4.48. The van der Waals surface area contributed by atoms with Gasteiger partial charge in [0.15, 0.2) is 0 Å². The van der Waals surface area contributed by atoms with Gasteiger partial charge < -0.3 is 4.74 Å². The van der Waals surface area contributed by atoms with Crippen LogP contribution in [0.2, 0.25) is 0 Å². The van der Waals surface area contributed by atoms with Crippen molar-refractivity contribution in [2.45, 2.75) is 18.9 Å². The molecule has 4 rings (SSSR count). The number of aromatic nitrogens is 1. The van der Waals surface area contributed by atoms with E-state index in [1.165, 1.54) is 25.9 Å². The minimum Gasteiger partial charge on any atom is -0.487 e. The van der Waals surface area contributed by atoms with Crippen molar-refractivity contribution >= 4 is 0 Å². The van der Waals surface area contributed by atoms with E-state index in [1.807, 2.05) is 12.1 Å². The maximum absolute atomic E-state index is 5.99. The molecule has 3 nitrogen and oxygen atoms in total. The van der Waals surface area contributed by atoms with Crippen LogP contribution < -0.4 is 4.74 Å². The average molecular weight is 204 g/mol. The lowest BCUT2D eigenvalue weighted by atomic mass is 9.86. The van der Waals surface area contributed by atoms with Crippen LogP contribution in [0.1, 0.15) is 12.8 Å². The highest BCUT2D eigenvalue weighted by molar-refractivity contribution is 5.16. The van der Waals surface area contributed by atoms with Gasteiger partial charge in [0.2, 0.25) is 0 Å². The first kappa shape index (κ1) is 9.16. The number of ether oxygens (including phenoxy) is 1. The molecule has 1 unspecified atom stereocenters. The van der Waals surface area contributed by atoms with Crippen molar-refractivity contribution in [1.82, 2.24) is 9.88 Å². The Morgan fingerprint density at radius 2 is 2.20 bits per heavy atom. The molecule has 0 N–H and O–H groups in total. The number of nitrogens with zero attached hydrogens (tertiary/aromatic N) is 2. The predicted molar refractivity (Wildman–Crippen MR) is 57.8 cm³/mol. The van der Waals surface area contributed by atoms with Gasteiger partial charge in [0.1, 0.15) is 11.9 Å². The maximum Gasteiger partial charge on any atom is 0.138 e. The van der Waals surface area contributed by atoms with Gasteiger partial charge in [-0.1, -0.05) is 0 Å². The Hall–Kier alpha value is -1.09. The van der Waals surface area contributed by atoms with Crippen LogP contribution in [0, 0.1) is 5.92 Å². The van der Waals surface area contributed by atoms with Crippen molar-refractivity contribution in [3.05, 3.63) is 24.5 Å². The van der Waals surface area contributed by atoms with Crippen LogP contribution in [-0.2, 0) is 0 Å². The quantitative estimate of drug-likeness (QED) is 0.731. The monoisotopic (exact) mass is 204 g/mol. The minimum absolute atomic E-state index is 0.386. The van der Waals surface area contributed by atoms with Crippen molar-refractivity contribution in [2.75, 3.05) is 19.6 Å². The highest BCUT2D eigenvalue weighted by atomic mass is 16.5. The van der Waals surface area contributed by atoms with Gasteiger partial charge in [-0.15, -0.1) is 0 Å². The second kappa shape index (κ2) is 3.81. The number of hydrogen-bond acceptors (Lipinski definition) is 3. The van der Waals surface area contributed by atoms with E-state index in [1.54, 1.807) is 12.4 Å². The van der Waals surface area contributed by atoms with Gasteiger partial charge in [-0.2, -0.15) is 0 Å². The molecule has 3 heteroatoms. The SMILES string of the molecule is c1cncc(OC2CN3CCC2CC3)c1. The van der Waals surface area contributed by atoms with E-state index < -0.39 is 0 Å². The van der Waals surface area contributed by atoms with Crippen LogP contribution in [0.3, 0.4) is 0 Å². The third-order valence-electron chi connectivity index (χ3n) is 3.52. The van der Waals surface area contributed by atoms with Gasteiger partial charge >= 0.3 is 0 Å². The van der Waals surface area contributed by atoms with Gasteiger partial charge in [0.25, 0.3) is 0 Å². The normalized spacial score (nSPS) is 34.0. The lowest BCUT2D eigenvalue weighted by Gasteiger charge is -2.44. The molecule has 1 atom stereocenters. The zero-order chi connectivity index (χ0) is 10.1. The third kappa shape index (κ3) is 1.84. The Balaban J connectivity index is 1.69. The molecular formula is C12H16N2O. The molecule has 0 aliphatic carbocycles. The molecule has 1 aromatic heterocycles. The lowest BCUT2D eigenvalue weighted by Crippen LogP contribution is -2.52.